The molecule has 1 aliphatic heterocycles. The minimum atomic E-state index is 0.967. The lowest BCUT2D eigenvalue weighted by Crippen LogP contribution is -2.46. The maximum absolute atomic E-state index is 4.31. The van der Waals surface area contributed by atoms with Crippen molar-refractivity contribution in [2.75, 3.05) is 37.3 Å². The predicted octanol–water partition coefficient (Wildman–Crippen LogP) is 1.92. The Morgan fingerprint density at radius 1 is 1.10 bits per heavy atom. The first-order valence-electron chi connectivity index (χ1n) is 7.09. The molecule has 2 aromatic rings. The highest BCUT2D eigenvalue weighted by Gasteiger charge is 2.18. The van der Waals surface area contributed by atoms with E-state index >= 15 is 0 Å². The second-order valence-corrected chi connectivity index (χ2v) is 5.88. The Bertz CT molecular complexity index is 552. The van der Waals surface area contributed by atoms with Crippen LogP contribution in [0.3, 0.4) is 0 Å². The van der Waals surface area contributed by atoms with Crippen LogP contribution in [-0.2, 0) is 6.54 Å². The molecule has 0 aromatic carbocycles. The van der Waals surface area contributed by atoms with E-state index in [1.54, 1.807) is 11.8 Å². The summed E-state index contributed by atoms with van der Waals surface area (Å²) >= 11 is 1.62. The van der Waals surface area contributed by atoms with Crippen LogP contribution >= 0.6 is 11.8 Å². The van der Waals surface area contributed by atoms with E-state index in [4.69, 9.17) is 0 Å². The van der Waals surface area contributed by atoms with Gasteiger partial charge in [-0.25, -0.2) is 0 Å². The van der Waals surface area contributed by atoms with Crippen LogP contribution in [0.25, 0.3) is 0 Å². The van der Waals surface area contributed by atoms with Gasteiger partial charge in [0.2, 0.25) is 0 Å². The van der Waals surface area contributed by atoms with Crippen LogP contribution in [-0.4, -0.2) is 52.5 Å². The van der Waals surface area contributed by atoms with Crippen molar-refractivity contribution in [2.24, 2.45) is 0 Å². The quantitative estimate of drug-likeness (QED) is 0.804. The molecule has 1 aliphatic rings. The van der Waals surface area contributed by atoms with Gasteiger partial charge in [-0.05, 0) is 30.0 Å². The number of hydrogen-bond donors (Lipinski definition) is 0. The van der Waals surface area contributed by atoms with Crippen LogP contribution in [0.5, 0.6) is 0 Å². The van der Waals surface area contributed by atoms with Crippen molar-refractivity contribution in [3.63, 3.8) is 0 Å². The Morgan fingerprint density at radius 2 is 1.95 bits per heavy atom. The number of rotatable bonds is 4. The molecule has 0 aliphatic carbocycles. The number of pyridine rings is 1. The molecule has 0 radical (unpaired) electrons. The molecule has 0 spiro atoms. The predicted molar refractivity (Wildman–Crippen MR) is 85.5 cm³/mol. The minimum Gasteiger partial charge on any atom is -0.353 e. The lowest BCUT2D eigenvalue weighted by atomic mass is 10.2. The maximum atomic E-state index is 4.31. The number of hydrogen-bond acceptors (Lipinski definition) is 6. The Labute approximate surface area is 129 Å². The molecule has 110 valence electrons. The van der Waals surface area contributed by atoms with E-state index in [1.165, 1.54) is 5.56 Å². The second-order valence-electron chi connectivity index (χ2n) is 5.06. The fourth-order valence-corrected chi connectivity index (χ4v) is 2.80. The van der Waals surface area contributed by atoms with Gasteiger partial charge in [0.15, 0.2) is 5.82 Å². The number of nitrogens with zero attached hydrogens (tertiary/aromatic N) is 5. The maximum Gasteiger partial charge on any atom is 0.151 e. The average molecular weight is 301 g/mol. The molecule has 5 nitrogen and oxygen atoms in total. The first-order valence-corrected chi connectivity index (χ1v) is 8.31. The Hall–Kier alpha value is -1.66. The highest BCUT2D eigenvalue weighted by atomic mass is 32.2. The summed E-state index contributed by atoms with van der Waals surface area (Å²) in [6, 6.07) is 8.23. The second kappa shape index (κ2) is 6.87. The first-order chi connectivity index (χ1) is 10.3. The molecule has 3 rings (SSSR count). The topological polar surface area (TPSA) is 45.2 Å². The standard InChI is InChI=1S/C15H19N5S/c1-21-15-5-4-14(17-18-15)20-9-7-19(8-10-20)12-13-3-2-6-16-11-13/h2-6,11H,7-10,12H2,1H3. The molecule has 2 aromatic heterocycles. The summed E-state index contributed by atoms with van der Waals surface area (Å²) in [5.74, 6) is 0.980. The molecular formula is C15H19N5S. The summed E-state index contributed by atoms with van der Waals surface area (Å²) in [6.07, 6.45) is 5.78. The molecule has 0 bridgehead atoms. The number of anilines is 1. The van der Waals surface area contributed by atoms with Crippen molar-refractivity contribution >= 4 is 17.6 Å². The van der Waals surface area contributed by atoms with Crippen LogP contribution in [0.4, 0.5) is 5.82 Å². The molecule has 3 heterocycles. The molecule has 0 saturated carbocycles. The van der Waals surface area contributed by atoms with Gasteiger partial charge in [0.25, 0.3) is 0 Å². The van der Waals surface area contributed by atoms with E-state index in [0.717, 1.165) is 43.6 Å². The fourth-order valence-electron chi connectivity index (χ4n) is 2.48. The van der Waals surface area contributed by atoms with Gasteiger partial charge in [-0.2, -0.15) is 0 Å². The fraction of sp³-hybridized carbons (Fsp3) is 0.400. The van der Waals surface area contributed by atoms with Crippen LogP contribution in [0.1, 0.15) is 5.56 Å². The van der Waals surface area contributed by atoms with E-state index in [2.05, 4.69) is 37.1 Å². The van der Waals surface area contributed by atoms with Crippen molar-refractivity contribution < 1.29 is 0 Å². The molecule has 6 heteroatoms. The third-order valence-electron chi connectivity index (χ3n) is 3.66. The summed E-state index contributed by atoms with van der Waals surface area (Å²) < 4.78 is 0. The van der Waals surface area contributed by atoms with Gasteiger partial charge in [-0.15, -0.1) is 22.0 Å². The smallest absolute Gasteiger partial charge is 0.151 e. The van der Waals surface area contributed by atoms with Crippen molar-refractivity contribution in [1.29, 1.82) is 0 Å². The molecule has 1 fully saturated rings. The van der Waals surface area contributed by atoms with Crippen molar-refractivity contribution in [2.45, 2.75) is 11.6 Å². The van der Waals surface area contributed by atoms with Crippen LogP contribution in [0.15, 0.2) is 41.7 Å². The zero-order valence-corrected chi connectivity index (χ0v) is 13.0. The van der Waals surface area contributed by atoms with Gasteiger partial charge in [-0.3, -0.25) is 9.88 Å². The summed E-state index contributed by atoms with van der Waals surface area (Å²) in [5.41, 5.74) is 1.27. The van der Waals surface area contributed by atoms with Gasteiger partial charge < -0.3 is 4.90 Å². The van der Waals surface area contributed by atoms with Gasteiger partial charge in [0, 0.05) is 45.1 Å². The van der Waals surface area contributed by atoms with E-state index < -0.39 is 0 Å². The van der Waals surface area contributed by atoms with Gasteiger partial charge in [-0.1, -0.05) is 6.07 Å². The molecule has 0 atom stereocenters. The third kappa shape index (κ3) is 3.71. The number of thioether (sulfide) groups is 1. The lowest BCUT2D eigenvalue weighted by Gasteiger charge is -2.35. The Balaban J connectivity index is 1.54. The summed E-state index contributed by atoms with van der Waals surface area (Å²) in [6.45, 7) is 5.04. The first kappa shape index (κ1) is 14.3. The van der Waals surface area contributed by atoms with Crippen molar-refractivity contribution in [3.8, 4) is 0 Å². The SMILES string of the molecule is CSc1ccc(N2CCN(Cc3cccnc3)CC2)nn1. The molecular weight excluding hydrogens is 282 g/mol. The number of piperazine rings is 1. The summed E-state index contributed by atoms with van der Waals surface area (Å²) in [5, 5.41) is 9.48. The van der Waals surface area contributed by atoms with E-state index in [0.29, 0.717) is 0 Å². The molecule has 21 heavy (non-hydrogen) atoms. The molecule has 0 amide bonds. The minimum absolute atomic E-state index is 0.967. The Morgan fingerprint density at radius 3 is 2.57 bits per heavy atom. The van der Waals surface area contributed by atoms with Crippen LogP contribution in [0, 0.1) is 0 Å². The van der Waals surface area contributed by atoms with Gasteiger partial charge in [0.05, 0.1) is 0 Å². The highest BCUT2D eigenvalue weighted by Crippen LogP contribution is 2.17. The summed E-state index contributed by atoms with van der Waals surface area (Å²) in [4.78, 5) is 8.93. The van der Waals surface area contributed by atoms with E-state index in [-0.39, 0.29) is 0 Å². The zero-order chi connectivity index (χ0) is 14.5. The third-order valence-corrected chi connectivity index (χ3v) is 4.30. The number of aromatic nitrogens is 3. The zero-order valence-electron chi connectivity index (χ0n) is 12.1. The van der Waals surface area contributed by atoms with E-state index in [1.807, 2.05) is 30.8 Å². The normalized spacial score (nSPS) is 16.1. The van der Waals surface area contributed by atoms with E-state index in [9.17, 15) is 0 Å². The Kier molecular flexibility index (Phi) is 4.67. The lowest BCUT2D eigenvalue weighted by molar-refractivity contribution is 0.249. The molecule has 1 saturated heterocycles. The van der Waals surface area contributed by atoms with Gasteiger partial charge >= 0.3 is 0 Å². The average Bonchev–Trinajstić information content (AvgIpc) is 2.57. The van der Waals surface area contributed by atoms with Crippen LogP contribution in [0.2, 0.25) is 0 Å². The monoisotopic (exact) mass is 301 g/mol. The molecule has 0 unspecified atom stereocenters. The highest BCUT2D eigenvalue weighted by molar-refractivity contribution is 7.98. The largest absolute Gasteiger partial charge is 0.353 e. The van der Waals surface area contributed by atoms with Gasteiger partial charge in [0.1, 0.15) is 5.03 Å². The van der Waals surface area contributed by atoms with Crippen molar-refractivity contribution in [3.05, 3.63) is 42.2 Å². The summed E-state index contributed by atoms with van der Waals surface area (Å²) in [7, 11) is 0. The van der Waals surface area contributed by atoms with Crippen LogP contribution < -0.4 is 4.90 Å². The molecule has 0 N–H and O–H groups in total. The van der Waals surface area contributed by atoms with Crippen molar-refractivity contribution in [1.82, 2.24) is 20.1 Å².